The molecule has 0 aromatic heterocycles. The lowest BCUT2D eigenvalue weighted by atomic mass is 9.91. The molecule has 6 nitrogen and oxygen atoms in total. The summed E-state index contributed by atoms with van der Waals surface area (Å²) in [7, 11) is 0. The van der Waals surface area contributed by atoms with Crippen LogP contribution in [0.3, 0.4) is 0 Å². The van der Waals surface area contributed by atoms with Crippen LogP contribution in [-0.2, 0) is 28.5 Å². The summed E-state index contributed by atoms with van der Waals surface area (Å²) in [6, 6.07) is 0. The number of carbonyl (C=O) groups is 2. The molecule has 0 fully saturated rings. The standard InChI is InChI=1S/C19H36O6/c1-9-18(5,6)16(20)24-14(3)22-12-11-13-23-15(4)25-17(21)19(7,8)10-2/h14-15H,9-13H2,1-8H3. The molecule has 0 heterocycles. The highest BCUT2D eigenvalue weighted by molar-refractivity contribution is 5.76. The lowest BCUT2D eigenvalue weighted by Crippen LogP contribution is -2.31. The van der Waals surface area contributed by atoms with Gasteiger partial charge in [0, 0.05) is 0 Å². The van der Waals surface area contributed by atoms with Crippen LogP contribution in [0.4, 0.5) is 0 Å². The van der Waals surface area contributed by atoms with Gasteiger partial charge < -0.3 is 18.9 Å². The van der Waals surface area contributed by atoms with Crippen LogP contribution in [0, 0.1) is 10.8 Å². The van der Waals surface area contributed by atoms with Crippen molar-refractivity contribution < 1.29 is 28.5 Å². The first-order valence-corrected chi connectivity index (χ1v) is 9.11. The Labute approximate surface area is 152 Å². The second-order valence-corrected chi connectivity index (χ2v) is 7.52. The van der Waals surface area contributed by atoms with Gasteiger partial charge >= 0.3 is 11.9 Å². The van der Waals surface area contributed by atoms with Gasteiger partial charge in [0.05, 0.1) is 24.0 Å². The summed E-state index contributed by atoms with van der Waals surface area (Å²) in [6.07, 6.45) is 0.825. The number of carbonyl (C=O) groups excluding carboxylic acids is 2. The Kier molecular flexibility index (Phi) is 10.3. The molecule has 0 saturated heterocycles. The van der Waals surface area contributed by atoms with Crippen molar-refractivity contribution in [3.8, 4) is 0 Å². The van der Waals surface area contributed by atoms with Crippen LogP contribution >= 0.6 is 0 Å². The summed E-state index contributed by atoms with van der Waals surface area (Å²) < 4.78 is 21.4. The second kappa shape index (κ2) is 10.8. The molecule has 0 rings (SSSR count). The molecule has 0 aromatic rings. The predicted molar refractivity (Wildman–Crippen MR) is 95.8 cm³/mol. The van der Waals surface area contributed by atoms with Gasteiger partial charge in [-0.25, -0.2) is 0 Å². The molecule has 0 aliphatic rings. The van der Waals surface area contributed by atoms with E-state index in [0.717, 1.165) is 0 Å². The van der Waals surface area contributed by atoms with Crippen LogP contribution < -0.4 is 0 Å². The van der Waals surface area contributed by atoms with E-state index in [-0.39, 0.29) is 11.9 Å². The molecule has 0 bridgehead atoms. The maximum absolute atomic E-state index is 11.9. The summed E-state index contributed by atoms with van der Waals surface area (Å²) in [5.41, 5.74) is -1.02. The molecule has 0 aliphatic heterocycles. The Morgan fingerprint density at radius 1 is 0.760 bits per heavy atom. The van der Waals surface area contributed by atoms with E-state index >= 15 is 0 Å². The van der Waals surface area contributed by atoms with Crippen molar-refractivity contribution in [1.29, 1.82) is 0 Å². The van der Waals surface area contributed by atoms with Crippen LogP contribution in [0.25, 0.3) is 0 Å². The minimum atomic E-state index is -0.598. The van der Waals surface area contributed by atoms with Crippen molar-refractivity contribution in [2.75, 3.05) is 13.2 Å². The third-order valence-electron chi connectivity index (χ3n) is 4.41. The average Bonchev–Trinajstić information content (AvgIpc) is 2.54. The summed E-state index contributed by atoms with van der Waals surface area (Å²) >= 11 is 0. The van der Waals surface area contributed by atoms with E-state index in [1.165, 1.54) is 0 Å². The topological polar surface area (TPSA) is 71.1 Å². The zero-order chi connectivity index (χ0) is 19.7. The smallest absolute Gasteiger partial charge is 0.313 e. The van der Waals surface area contributed by atoms with Crippen molar-refractivity contribution in [1.82, 2.24) is 0 Å². The van der Waals surface area contributed by atoms with E-state index in [1.807, 2.05) is 41.5 Å². The first-order chi connectivity index (χ1) is 11.5. The lowest BCUT2D eigenvalue weighted by molar-refractivity contribution is -0.189. The van der Waals surface area contributed by atoms with E-state index in [9.17, 15) is 9.59 Å². The summed E-state index contributed by atoms with van der Waals surface area (Å²) in [5.74, 6) is -0.532. The van der Waals surface area contributed by atoms with Crippen LogP contribution in [0.15, 0.2) is 0 Å². The highest BCUT2D eigenvalue weighted by Gasteiger charge is 2.29. The quantitative estimate of drug-likeness (QED) is 0.297. The molecule has 148 valence electrons. The van der Waals surface area contributed by atoms with Gasteiger partial charge in [-0.15, -0.1) is 0 Å². The molecule has 0 radical (unpaired) electrons. The molecule has 0 aromatic carbocycles. The molecule has 2 atom stereocenters. The van der Waals surface area contributed by atoms with E-state index in [2.05, 4.69) is 0 Å². The maximum Gasteiger partial charge on any atom is 0.313 e. The van der Waals surface area contributed by atoms with E-state index < -0.39 is 23.4 Å². The molecule has 0 saturated carbocycles. The van der Waals surface area contributed by atoms with Gasteiger partial charge in [0.15, 0.2) is 12.6 Å². The first kappa shape index (κ1) is 23.9. The minimum absolute atomic E-state index is 0.266. The first-order valence-electron chi connectivity index (χ1n) is 9.11. The minimum Gasteiger partial charge on any atom is -0.436 e. The monoisotopic (exact) mass is 360 g/mol. The van der Waals surface area contributed by atoms with Crippen molar-refractivity contribution in [2.24, 2.45) is 10.8 Å². The number of esters is 2. The molecule has 0 spiro atoms. The van der Waals surface area contributed by atoms with Crippen LogP contribution in [0.2, 0.25) is 0 Å². The van der Waals surface area contributed by atoms with E-state index in [0.29, 0.717) is 32.5 Å². The SMILES string of the molecule is CCC(C)(C)C(=O)OC(C)OCCCOC(C)OC(=O)C(C)(C)CC. The van der Waals surface area contributed by atoms with Crippen LogP contribution in [-0.4, -0.2) is 37.7 Å². The zero-order valence-corrected chi connectivity index (χ0v) is 17.1. The normalized spacial score (nSPS) is 14.7. The summed E-state index contributed by atoms with van der Waals surface area (Å²) in [4.78, 5) is 23.8. The van der Waals surface area contributed by atoms with Gasteiger partial charge in [-0.05, 0) is 60.8 Å². The summed E-state index contributed by atoms with van der Waals surface area (Å²) in [6.45, 7) is 15.4. The van der Waals surface area contributed by atoms with Gasteiger partial charge in [0.25, 0.3) is 0 Å². The van der Waals surface area contributed by atoms with Gasteiger partial charge in [0.2, 0.25) is 0 Å². The van der Waals surface area contributed by atoms with Gasteiger partial charge in [-0.3, -0.25) is 9.59 Å². The van der Waals surface area contributed by atoms with Crippen molar-refractivity contribution in [3.05, 3.63) is 0 Å². The van der Waals surface area contributed by atoms with Gasteiger partial charge in [-0.2, -0.15) is 0 Å². The Morgan fingerprint density at radius 3 is 1.36 bits per heavy atom. The van der Waals surface area contributed by atoms with Crippen molar-refractivity contribution >= 4 is 11.9 Å². The fourth-order valence-electron chi connectivity index (χ4n) is 1.53. The molecular formula is C19H36O6. The highest BCUT2D eigenvalue weighted by Crippen LogP contribution is 2.23. The fourth-order valence-corrected chi connectivity index (χ4v) is 1.53. The Balaban J connectivity index is 3.92. The third-order valence-corrected chi connectivity index (χ3v) is 4.41. The summed E-state index contributed by atoms with van der Waals surface area (Å²) in [5, 5.41) is 0. The molecule has 0 amide bonds. The number of ether oxygens (including phenoxy) is 4. The molecule has 0 N–H and O–H groups in total. The molecule has 2 unspecified atom stereocenters. The number of hydrogen-bond donors (Lipinski definition) is 0. The predicted octanol–water partition coefficient (Wildman–Crippen LogP) is 4.06. The molecular weight excluding hydrogens is 324 g/mol. The van der Waals surface area contributed by atoms with Crippen LogP contribution in [0.1, 0.15) is 74.7 Å². The third kappa shape index (κ3) is 9.21. The van der Waals surface area contributed by atoms with Crippen LogP contribution in [0.5, 0.6) is 0 Å². The maximum atomic E-state index is 11.9. The Bertz CT molecular complexity index is 378. The van der Waals surface area contributed by atoms with Crippen molar-refractivity contribution in [3.63, 3.8) is 0 Å². The lowest BCUT2D eigenvalue weighted by Gasteiger charge is -2.24. The second-order valence-electron chi connectivity index (χ2n) is 7.52. The van der Waals surface area contributed by atoms with Crippen molar-refractivity contribution in [2.45, 2.75) is 87.2 Å². The average molecular weight is 360 g/mol. The zero-order valence-electron chi connectivity index (χ0n) is 17.1. The fraction of sp³-hybridized carbons (Fsp3) is 0.895. The number of rotatable bonds is 12. The molecule has 25 heavy (non-hydrogen) atoms. The van der Waals surface area contributed by atoms with Gasteiger partial charge in [-0.1, -0.05) is 13.8 Å². The highest BCUT2D eigenvalue weighted by atomic mass is 16.7. The largest absolute Gasteiger partial charge is 0.436 e. The molecule has 0 aliphatic carbocycles. The van der Waals surface area contributed by atoms with Gasteiger partial charge in [0.1, 0.15) is 0 Å². The Morgan fingerprint density at radius 2 is 1.08 bits per heavy atom. The number of hydrogen-bond acceptors (Lipinski definition) is 6. The van der Waals surface area contributed by atoms with E-state index in [1.54, 1.807) is 13.8 Å². The molecule has 6 heteroatoms. The Hall–Kier alpha value is -1.14. The van der Waals surface area contributed by atoms with E-state index in [4.69, 9.17) is 18.9 Å².